The highest BCUT2D eigenvalue weighted by atomic mass is 16.3. The van der Waals surface area contributed by atoms with Gasteiger partial charge in [-0.3, -0.25) is 14.6 Å². The Morgan fingerprint density at radius 2 is 1.88 bits per heavy atom. The number of pyridine rings is 1. The van der Waals surface area contributed by atoms with Gasteiger partial charge < -0.3 is 19.5 Å². The molecule has 1 N–H and O–H groups in total. The minimum Gasteiger partial charge on any atom is -0.459 e. The fourth-order valence-corrected chi connectivity index (χ4v) is 2.77. The molecule has 2 aromatic rings. The van der Waals surface area contributed by atoms with Gasteiger partial charge in [0.25, 0.3) is 11.8 Å². The number of hydrogen-bond acceptors (Lipinski definition) is 5. The summed E-state index contributed by atoms with van der Waals surface area (Å²) in [6, 6.07) is 5.17. The topological polar surface area (TPSA) is 78.7 Å². The van der Waals surface area contributed by atoms with Gasteiger partial charge in [0.05, 0.1) is 17.5 Å². The van der Waals surface area contributed by atoms with E-state index >= 15 is 0 Å². The molecule has 25 heavy (non-hydrogen) atoms. The normalized spacial score (nSPS) is 14.4. The predicted molar refractivity (Wildman–Crippen MR) is 93.5 cm³/mol. The van der Waals surface area contributed by atoms with Gasteiger partial charge in [-0.2, -0.15) is 0 Å². The number of furan rings is 1. The molecule has 0 spiro atoms. The van der Waals surface area contributed by atoms with Crippen molar-refractivity contribution in [2.24, 2.45) is 0 Å². The highest BCUT2D eigenvalue weighted by Gasteiger charge is 2.26. The molecule has 0 saturated carbocycles. The van der Waals surface area contributed by atoms with E-state index in [2.05, 4.69) is 17.2 Å². The standard InChI is InChI=1S/C18H22N4O3/c1-2-5-20-15-11-14(12-19-13-15)17(23)21-6-8-22(9-7-21)18(24)16-4-3-10-25-16/h3-4,10-13,20H,2,5-9H2,1H3. The molecule has 132 valence electrons. The lowest BCUT2D eigenvalue weighted by molar-refractivity contribution is 0.0518. The molecule has 2 amide bonds. The maximum atomic E-state index is 12.7. The third-order valence-electron chi connectivity index (χ3n) is 4.15. The summed E-state index contributed by atoms with van der Waals surface area (Å²) < 4.78 is 5.15. The lowest BCUT2D eigenvalue weighted by Gasteiger charge is -2.34. The second kappa shape index (κ2) is 7.83. The number of piperazine rings is 1. The van der Waals surface area contributed by atoms with E-state index in [0.717, 1.165) is 18.7 Å². The largest absolute Gasteiger partial charge is 0.459 e. The van der Waals surface area contributed by atoms with Crippen LogP contribution in [0.25, 0.3) is 0 Å². The number of carbonyl (C=O) groups excluding carboxylic acids is 2. The molecule has 1 aliphatic rings. The summed E-state index contributed by atoms with van der Waals surface area (Å²) in [5, 5.41) is 3.23. The van der Waals surface area contributed by atoms with Crippen molar-refractivity contribution >= 4 is 17.5 Å². The first-order chi connectivity index (χ1) is 12.2. The van der Waals surface area contributed by atoms with Crippen molar-refractivity contribution in [2.75, 3.05) is 38.0 Å². The number of aromatic nitrogens is 1. The van der Waals surface area contributed by atoms with E-state index in [1.165, 1.54) is 6.26 Å². The zero-order valence-electron chi connectivity index (χ0n) is 14.3. The highest BCUT2D eigenvalue weighted by Crippen LogP contribution is 2.14. The molecule has 1 fully saturated rings. The minimum absolute atomic E-state index is 0.0576. The van der Waals surface area contributed by atoms with Crippen molar-refractivity contribution < 1.29 is 14.0 Å². The first-order valence-corrected chi connectivity index (χ1v) is 8.50. The van der Waals surface area contributed by atoms with Crippen molar-refractivity contribution in [2.45, 2.75) is 13.3 Å². The average Bonchev–Trinajstić information content (AvgIpc) is 3.20. The van der Waals surface area contributed by atoms with Crippen LogP contribution < -0.4 is 5.32 Å². The number of amides is 2. The SMILES string of the molecule is CCCNc1cncc(C(=O)N2CCN(C(=O)c3ccco3)CC2)c1. The quantitative estimate of drug-likeness (QED) is 0.900. The molecule has 0 atom stereocenters. The van der Waals surface area contributed by atoms with E-state index in [4.69, 9.17) is 4.42 Å². The van der Waals surface area contributed by atoms with Crippen LogP contribution >= 0.6 is 0 Å². The summed E-state index contributed by atoms with van der Waals surface area (Å²) in [7, 11) is 0. The first-order valence-electron chi connectivity index (χ1n) is 8.50. The van der Waals surface area contributed by atoms with Crippen LogP contribution in [0, 0.1) is 0 Å². The van der Waals surface area contributed by atoms with Crippen LogP contribution in [-0.2, 0) is 0 Å². The third kappa shape index (κ3) is 3.99. The van der Waals surface area contributed by atoms with Gasteiger partial charge in [0, 0.05) is 45.1 Å². The maximum Gasteiger partial charge on any atom is 0.289 e. The summed E-state index contributed by atoms with van der Waals surface area (Å²) >= 11 is 0. The smallest absolute Gasteiger partial charge is 0.289 e. The lowest BCUT2D eigenvalue weighted by atomic mass is 10.2. The Morgan fingerprint density at radius 1 is 1.16 bits per heavy atom. The van der Waals surface area contributed by atoms with E-state index in [0.29, 0.717) is 37.5 Å². The molecule has 7 nitrogen and oxygen atoms in total. The van der Waals surface area contributed by atoms with E-state index in [9.17, 15) is 9.59 Å². The Balaban J connectivity index is 1.59. The van der Waals surface area contributed by atoms with Crippen LogP contribution in [0.5, 0.6) is 0 Å². The summed E-state index contributed by atoms with van der Waals surface area (Å²) in [6.07, 6.45) is 5.79. The molecule has 0 unspecified atom stereocenters. The van der Waals surface area contributed by atoms with Gasteiger partial charge in [0.2, 0.25) is 0 Å². The van der Waals surface area contributed by atoms with Gasteiger partial charge in [-0.15, -0.1) is 0 Å². The summed E-state index contributed by atoms with van der Waals surface area (Å²) in [6.45, 7) is 4.90. The molecule has 3 heterocycles. The number of hydrogen-bond donors (Lipinski definition) is 1. The van der Waals surface area contributed by atoms with Gasteiger partial charge in [-0.05, 0) is 24.6 Å². The van der Waals surface area contributed by atoms with Crippen molar-refractivity contribution in [3.63, 3.8) is 0 Å². The van der Waals surface area contributed by atoms with E-state index < -0.39 is 0 Å². The predicted octanol–water partition coefficient (Wildman–Crippen LogP) is 2.09. The number of anilines is 1. The maximum absolute atomic E-state index is 12.7. The molecule has 1 aliphatic heterocycles. The highest BCUT2D eigenvalue weighted by molar-refractivity contribution is 5.95. The van der Waals surface area contributed by atoms with Crippen molar-refractivity contribution in [3.8, 4) is 0 Å². The molecule has 0 aliphatic carbocycles. The Kier molecular flexibility index (Phi) is 5.33. The second-order valence-corrected chi connectivity index (χ2v) is 5.95. The number of nitrogens with one attached hydrogen (secondary N) is 1. The lowest BCUT2D eigenvalue weighted by Crippen LogP contribution is -2.50. The monoisotopic (exact) mass is 342 g/mol. The molecular formula is C18H22N4O3. The fraction of sp³-hybridized carbons (Fsp3) is 0.389. The van der Waals surface area contributed by atoms with Crippen molar-refractivity contribution in [3.05, 3.63) is 48.2 Å². The van der Waals surface area contributed by atoms with Gasteiger partial charge in [0.1, 0.15) is 0 Å². The van der Waals surface area contributed by atoms with Crippen LogP contribution in [0.2, 0.25) is 0 Å². The van der Waals surface area contributed by atoms with E-state index in [1.807, 2.05) is 6.07 Å². The van der Waals surface area contributed by atoms with Crippen LogP contribution in [-0.4, -0.2) is 59.3 Å². The molecule has 2 aromatic heterocycles. The molecule has 0 bridgehead atoms. The Bertz CT molecular complexity index is 722. The average molecular weight is 342 g/mol. The van der Waals surface area contributed by atoms with Crippen molar-refractivity contribution in [1.82, 2.24) is 14.8 Å². The minimum atomic E-state index is -0.135. The Labute approximate surface area is 146 Å². The van der Waals surface area contributed by atoms with E-state index in [1.54, 1.807) is 34.3 Å². The van der Waals surface area contributed by atoms with Gasteiger partial charge in [-0.1, -0.05) is 6.92 Å². The molecule has 7 heteroatoms. The van der Waals surface area contributed by atoms with Crippen LogP contribution in [0.4, 0.5) is 5.69 Å². The molecular weight excluding hydrogens is 320 g/mol. The molecule has 1 saturated heterocycles. The third-order valence-corrected chi connectivity index (χ3v) is 4.15. The zero-order valence-corrected chi connectivity index (χ0v) is 14.3. The number of nitrogens with zero attached hydrogens (tertiary/aromatic N) is 3. The van der Waals surface area contributed by atoms with Crippen molar-refractivity contribution in [1.29, 1.82) is 0 Å². The Morgan fingerprint density at radius 3 is 2.52 bits per heavy atom. The zero-order chi connectivity index (χ0) is 17.6. The van der Waals surface area contributed by atoms with Gasteiger partial charge in [-0.25, -0.2) is 0 Å². The van der Waals surface area contributed by atoms with Crippen LogP contribution in [0.1, 0.15) is 34.3 Å². The first kappa shape index (κ1) is 17.0. The Hall–Kier alpha value is -2.83. The number of rotatable bonds is 5. The fourth-order valence-electron chi connectivity index (χ4n) is 2.77. The summed E-state index contributed by atoms with van der Waals surface area (Å²) in [5.74, 6) is 0.140. The van der Waals surface area contributed by atoms with Crippen LogP contribution in [0.15, 0.2) is 41.3 Å². The molecule has 3 rings (SSSR count). The van der Waals surface area contributed by atoms with Crippen LogP contribution in [0.3, 0.4) is 0 Å². The van der Waals surface area contributed by atoms with E-state index in [-0.39, 0.29) is 11.8 Å². The number of carbonyl (C=O) groups is 2. The van der Waals surface area contributed by atoms with Gasteiger partial charge >= 0.3 is 0 Å². The second-order valence-electron chi connectivity index (χ2n) is 5.95. The summed E-state index contributed by atoms with van der Waals surface area (Å²) in [5.41, 5.74) is 1.41. The molecule has 0 aromatic carbocycles. The summed E-state index contributed by atoms with van der Waals surface area (Å²) in [4.78, 5) is 32.5. The van der Waals surface area contributed by atoms with Gasteiger partial charge in [0.15, 0.2) is 5.76 Å². The molecule has 0 radical (unpaired) electrons.